The van der Waals surface area contributed by atoms with Crippen LogP contribution < -0.4 is 10.2 Å². The number of nitrogens with zero attached hydrogens (tertiary/aromatic N) is 2. The third kappa shape index (κ3) is 2.33. The molecule has 0 radical (unpaired) electrons. The lowest BCUT2D eigenvalue weighted by Crippen LogP contribution is -2.53. The van der Waals surface area contributed by atoms with Crippen LogP contribution >= 0.6 is 11.3 Å². The van der Waals surface area contributed by atoms with Gasteiger partial charge in [0.25, 0.3) is 0 Å². The monoisotopic (exact) mass is 273 g/mol. The van der Waals surface area contributed by atoms with Crippen LogP contribution in [0.4, 0.5) is 5.13 Å². The summed E-state index contributed by atoms with van der Waals surface area (Å²) in [6.07, 6.45) is 0. The molecule has 1 fully saturated rings. The molecule has 1 aromatic heterocycles. The average Bonchev–Trinajstić information content (AvgIpc) is 2.87. The van der Waals surface area contributed by atoms with Gasteiger partial charge in [-0.05, 0) is 0 Å². The van der Waals surface area contributed by atoms with Gasteiger partial charge >= 0.3 is 0 Å². The Morgan fingerprint density at radius 1 is 1.37 bits per heavy atom. The molecule has 1 aliphatic heterocycles. The number of anilines is 1. The summed E-state index contributed by atoms with van der Waals surface area (Å²) in [4.78, 5) is 18.2. The number of aromatic nitrogens is 1. The first-order valence-electron chi connectivity index (χ1n) is 6.25. The minimum Gasteiger partial charge on any atom is -0.359 e. The Balaban J connectivity index is 1.69. The summed E-state index contributed by atoms with van der Waals surface area (Å²) in [6, 6.07) is 10.1. The summed E-state index contributed by atoms with van der Waals surface area (Å²) in [6.45, 7) is 1.53. The molecule has 1 aromatic carbocycles. The van der Waals surface area contributed by atoms with E-state index in [0.717, 1.165) is 29.5 Å². The van der Waals surface area contributed by atoms with Gasteiger partial charge in [0.05, 0.1) is 11.6 Å². The summed E-state index contributed by atoms with van der Waals surface area (Å²) in [5, 5.41) is 5.75. The van der Waals surface area contributed by atoms with Crippen LogP contribution in [0.25, 0.3) is 11.3 Å². The van der Waals surface area contributed by atoms with Crippen LogP contribution in [0.3, 0.4) is 0 Å². The van der Waals surface area contributed by atoms with E-state index in [0.29, 0.717) is 0 Å². The largest absolute Gasteiger partial charge is 0.359 e. The lowest BCUT2D eigenvalue weighted by atomic mass is 10.0. The zero-order valence-electron chi connectivity index (χ0n) is 10.7. The normalized spacial score (nSPS) is 15.1. The Hall–Kier alpha value is -1.88. The van der Waals surface area contributed by atoms with Crippen molar-refractivity contribution >= 4 is 22.4 Å². The van der Waals surface area contributed by atoms with Crippen LogP contribution in [-0.4, -0.2) is 31.0 Å². The summed E-state index contributed by atoms with van der Waals surface area (Å²) >= 11 is 1.63. The zero-order chi connectivity index (χ0) is 13.2. The summed E-state index contributed by atoms with van der Waals surface area (Å²) in [7, 11) is 1.68. The van der Waals surface area contributed by atoms with Gasteiger partial charge < -0.3 is 10.2 Å². The minimum absolute atomic E-state index is 0.106. The van der Waals surface area contributed by atoms with Gasteiger partial charge in [-0.1, -0.05) is 30.3 Å². The van der Waals surface area contributed by atoms with Gasteiger partial charge in [0.1, 0.15) is 0 Å². The second kappa shape index (κ2) is 5.01. The standard InChI is InChI=1S/C14H15N3OS/c1-15-13(18)11-7-17(8-11)14-16-12(9-19-14)10-5-3-2-4-6-10/h2-6,9,11H,7-8H2,1H3,(H,15,18). The minimum atomic E-state index is 0.106. The third-order valence-corrected chi connectivity index (χ3v) is 4.23. The first-order chi connectivity index (χ1) is 9.28. The Labute approximate surface area is 116 Å². The maximum absolute atomic E-state index is 11.4. The molecular weight excluding hydrogens is 258 g/mol. The van der Waals surface area contributed by atoms with E-state index < -0.39 is 0 Å². The second-order valence-corrected chi connectivity index (χ2v) is 5.43. The lowest BCUT2D eigenvalue weighted by molar-refractivity contribution is -0.125. The Kier molecular flexibility index (Phi) is 3.21. The Morgan fingerprint density at radius 2 is 2.11 bits per heavy atom. The van der Waals surface area contributed by atoms with Crippen molar-refractivity contribution in [2.75, 3.05) is 25.0 Å². The average molecular weight is 273 g/mol. The number of hydrogen-bond donors (Lipinski definition) is 1. The molecule has 0 unspecified atom stereocenters. The lowest BCUT2D eigenvalue weighted by Gasteiger charge is -2.37. The Bertz CT molecular complexity index is 575. The van der Waals surface area contributed by atoms with Crippen molar-refractivity contribution in [1.29, 1.82) is 0 Å². The fraction of sp³-hybridized carbons (Fsp3) is 0.286. The molecule has 19 heavy (non-hydrogen) atoms. The number of benzene rings is 1. The molecule has 0 atom stereocenters. The van der Waals surface area contributed by atoms with Crippen molar-refractivity contribution in [2.45, 2.75) is 0 Å². The molecule has 0 saturated carbocycles. The molecule has 4 nitrogen and oxygen atoms in total. The van der Waals surface area contributed by atoms with Crippen molar-refractivity contribution < 1.29 is 4.79 Å². The third-order valence-electron chi connectivity index (χ3n) is 3.33. The summed E-state index contributed by atoms with van der Waals surface area (Å²) in [5.41, 5.74) is 2.14. The van der Waals surface area contributed by atoms with Crippen LogP contribution in [0.15, 0.2) is 35.7 Å². The maximum Gasteiger partial charge on any atom is 0.226 e. The van der Waals surface area contributed by atoms with Gasteiger partial charge in [-0.3, -0.25) is 4.79 Å². The van der Waals surface area contributed by atoms with Crippen molar-refractivity contribution in [3.63, 3.8) is 0 Å². The molecule has 0 bridgehead atoms. The predicted molar refractivity (Wildman–Crippen MR) is 77.3 cm³/mol. The highest BCUT2D eigenvalue weighted by Gasteiger charge is 2.33. The van der Waals surface area contributed by atoms with E-state index in [1.54, 1.807) is 18.4 Å². The molecule has 3 rings (SSSR count). The quantitative estimate of drug-likeness (QED) is 0.930. The van der Waals surface area contributed by atoms with Crippen molar-refractivity contribution in [2.24, 2.45) is 5.92 Å². The smallest absolute Gasteiger partial charge is 0.226 e. The molecule has 1 aliphatic rings. The van der Waals surface area contributed by atoms with Gasteiger partial charge in [-0.25, -0.2) is 4.98 Å². The van der Waals surface area contributed by atoms with Crippen molar-refractivity contribution in [1.82, 2.24) is 10.3 Å². The van der Waals surface area contributed by atoms with Gasteiger partial charge in [0, 0.05) is 31.1 Å². The molecule has 98 valence electrons. The molecule has 1 N–H and O–H groups in total. The number of nitrogens with one attached hydrogen (secondary N) is 1. The van der Waals surface area contributed by atoms with Crippen LogP contribution in [0, 0.1) is 5.92 Å². The molecule has 1 saturated heterocycles. The molecule has 2 heterocycles. The Morgan fingerprint density at radius 3 is 2.79 bits per heavy atom. The van der Waals surface area contributed by atoms with Gasteiger partial charge in [-0.15, -0.1) is 11.3 Å². The van der Waals surface area contributed by atoms with E-state index >= 15 is 0 Å². The van der Waals surface area contributed by atoms with Crippen molar-refractivity contribution in [3.05, 3.63) is 35.7 Å². The van der Waals surface area contributed by atoms with Gasteiger partial charge in [0.15, 0.2) is 5.13 Å². The maximum atomic E-state index is 11.4. The molecule has 0 spiro atoms. The van der Waals surface area contributed by atoms with Crippen LogP contribution in [0.2, 0.25) is 0 Å². The van der Waals surface area contributed by atoms with Gasteiger partial charge in [-0.2, -0.15) is 0 Å². The molecule has 0 aliphatic carbocycles. The highest BCUT2D eigenvalue weighted by atomic mass is 32.1. The molecule has 1 amide bonds. The van der Waals surface area contributed by atoms with E-state index in [9.17, 15) is 4.79 Å². The molecule has 2 aromatic rings. The second-order valence-electron chi connectivity index (χ2n) is 4.60. The van der Waals surface area contributed by atoms with Crippen molar-refractivity contribution in [3.8, 4) is 11.3 Å². The first-order valence-corrected chi connectivity index (χ1v) is 7.13. The SMILES string of the molecule is CNC(=O)C1CN(c2nc(-c3ccccc3)cs2)C1. The number of carbonyl (C=O) groups is 1. The van der Waals surface area contributed by atoms with E-state index in [1.165, 1.54) is 0 Å². The predicted octanol–water partition coefficient (Wildman–Crippen LogP) is 1.99. The van der Waals surface area contributed by atoms with Gasteiger partial charge in [0.2, 0.25) is 5.91 Å². The molecular formula is C14H15N3OS. The number of carbonyl (C=O) groups excluding carboxylic acids is 1. The van der Waals surface area contributed by atoms with Crippen LogP contribution in [0.1, 0.15) is 0 Å². The fourth-order valence-electron chi connectivity index (χ4n) is 2.16. The summed E-state index contributed by atoms with van der Waals surface area (Å²) in [5.74, 6) is 0.227. The zero-order valence-corrected chi connectivity index (χ0v) is 11.5. The highest BCUT2D eigenvalue weighted by molar-refractivity contribution is 7.14. The number of amides is 1. The number of rotatable bonds is 3. The van der Waals surface area contributed by atoms with E-state index in [4.69, 9.17) is 0 Å². The highest BCUT2D eigenvalue weighted by Crippen LogP contribution is 2.31. The van der Waals surface area contributed by atoms with E-state index in [-0.39, 0.29) is 11.8 Å². The van der Waals surface area contributed by atoms with E-state index in [1.807, 2.05) is 18.2 Å². The molecule has 5 heteroatoms. The van der Waals surface area contributed by atoms with Crippen LogP contribution in [0.5, 0.6) is 0 Å². The fourth-order valence-corrected chi connectivity index (χ4v) is 3.01. The van der Waals surface area contributed by atoms with E-state index in [2.05, 4.69) is 32.7 Å². The summed E-state index contributed by atoms with van der Waals surface area (Å²) < 4.78 is 0. The topological polar surface area (TPSA) is 45.2 Å². The number of thiazole rings is 1. The number of hydrogen-bond acceptors (Lipinski definition) is 4. The first kappa shape index (κ1) is 12.2. The van der Waals surface area contributed by atoms with Crippen LogP contribution in [-0.2, 0) is 4.79 Å².